The summed E-state index contributed by atoms with van der Waals surface area (Å²) >= 11 is 0. The van der Waals surface area contributed by atoms with Gasteiger partial charge in [0.2, 0.25) is 0 Å². The molecular formula is C20H25FN2OS. The number of piperazine rings is 1. The third-order valence-corrected chi connectivity index (χ3v) is 6.05. The van der Waals surface area contributed by atoms with Crippen molar-refractivity contribution in [3.05, 3.63) is 66.0 Å². The number of nitrogens with zero attached hydrogens (tertiary/aromatic N) is 2. The Balaban J connectivity index is 1.35. The molecule has 1 aliphatic rings. The van der Waals surface area contributed by atoms with Crippen LogP contribution in [0.3, 0.4) is 0 Å². The van der Waals surface area contributed by atoms with E-state index < -0.39 is 10.8 Å². The molecule has 0 aromatic heterocycles. The molecule has 1 heterocycles. The van der Waals surface area contributed by atoms with Crippen LogP contribution in [0.5, 0.6) is 0 Å². The molecule has 1 saturated heterocycles. The third kappa shape index (κ3) is 5.73. The van der Waals surface area contributed by atoms with Gasteiger partial charge in [0, 0.05) is 43.4 Å². The van der Waals surface area contributed by atoms with E-state index in [2.05, 4.69) is 40.1 Å². The standard InChI is InChI=1S/C20H25FN2OS/c21-19-7-9-20(10-8-19)25(24)16-4-11-22-12-14-23(15-13-22)17-18-5-2-1-3-6-18/h1-3,5-10H,4,11-17H2. The predicted octanol–water partition coefficient (Wildman–Crippen LogP) is 3.14. The van der Waals surface area contributed by atoms with Crippen molar-refractivity contribution in [2.45, 2.75) is 17.9 Å². The van der Waals surface area contributed by atoms with Crippen molar-refractivity contribution >= 4 is 10.8 Å². The Morgan fingerprint density at radius 2 is 1.52 bits per heavy atom. The van der Waals surface area contributed by atoms with E-state index in [1.54, 1.807) is 12.1 Å². The van der Waals surface area contributed by atoms with E-state index >= 15 is 0 Å². The van der Waals surface area contributed by atoms with Gasteiger partial charge in [-0.05, 0) is 42.8 Å². The molecule has 1 unspecified atom stereocenters. The van der Waals surface area contributed by atoms with Gasteiger partial charge in [-0.25, -0.2) is 4.39 Å². The molecule has 134 valence electrons. The maximum absolute atomic E-state index is 12.9. The first-order chi connectivity index (χ1) is 12.2. The summed E-state index contributed by atoms with van der Waals surface area (Å²) in [6, 6.07) is 16.6. The maximum atomic E-state index is 12.9. The van der Waals surface area contributed by atoms with Gasteiger partial charge in [0.15, 0.2) is 0 Å². The van der Waals surface area contributed by atoms with E-state index in [1.807, 2.05) is 0 Å². The predicted molar refractivity (Wildman–Crippen MR) is 100 cm³/mol. The summed E-state index contributed by atoms with van der Waals surface area (Å²) in [5.74, 6) is 0.352. The fraction of sp³-hybridized carbons (Fsp3) is 0.400. The summed E-state index contributed by atoms with van der Waals surface area (Å²) in [4.78, 5) is 5.65. The Morgan fingerprint density at radius 1 is 0.880 bits per heavy atom. The summed E-state index contributed by atoms with van der Waals surface area (Å²) in [6.45, 7) is 6.29. The van der Waals surface area contributed by atoms with Crippen LogP contribution in [0.1, 0.15) is 12.0 Å². The van der Waals surface area contributed by atoms with Gasteiger partial charge in [-0.3, -0.25) is 9.11 Å². The van der Waals surface area contributed by atoms with Crippen molar-refractivity contribution in [1.82, 2.24) is 9.80 Å². The molecule has 0 radical (unpaired) electrons. The van der Waals surface area contributed by atoms with Gasteiger partial charge in [-0.2, -0.15) is 0 Å². The van der Waals surface area contributed by atoms with Gasteiger partial charge in [0.1, 0.15) is 5.82 Å². The summed E-state index contributed by atoms with van der Waals surface area (Å²) in [6.07, 6.45) is 0.905. The topological polar surface area (TPSA) is 23.6 Å². The van der Waals surface area contributed by atoms with Crippen LogP contribution in [0.25, 0.3) is 0 Å². The zero-order valence-corrected chi connectivity index (χ0v) is 15.3. The van der Waals surface area contributed by atoms with E-state index in [4.69, 9.17) is 0 Å². The molecule has 0 saturated carbocycles. The highest BCUT2D eigenvalue weighted by molar-refractivity contribution is 7.85. The van der Waals surface area contributed by atoms with E-state index in [9.17, 15) is 8.60 Å². The molecule has 2 aromatic carbocycles. The molecule has 3 nitrogen and oxygen atoms in total. The smallest absolute Gasteiger partial charge is 0.123 e. The largest absolute Gasteiger partial charge is 0.301 e. The first-order valence-corrected chi connectivity index (χ1v) is 10.2. The Hall–Kier alpha value is -1.56. The lowest BCUT2D eigenvalue weighted by Gasteiger charge is -2.34. The van der Waals surface area contributed by atoms with Gasteiger partial charge < -0.3 is 4.90 Å². The minimum absolute atomic E-state index is 0.283. The molecule has 25 heavy (non-hydrogen) atoms. The number of benzene rings is 2. The second-order valence-corrected chi connectivity index (χ2v) is 8.03. The Bertz CT molecular complexity index is 670. The summed E-state index contributed by atoms with van der Waals surface area (Å²) < 4.78 is 25.1. The molecule has 0 amide bonds. The highest BCUT2D eigenvalue weighted by Crippen LogP contribution is 2.11. The highest BCUT2D eigenvalue weighted by Gasteiger charge is 2.16. The van der Waals surface area contributed by atoms with Crippen molar-refractivity contribution in [2.75, 3.05) is 38.5 Å². The monoisotopic (exact) mass is 360 g/mol. The average Bonchev–Trinajstić information content (AvgIpc) is 2.64. The van der Waals surface area contributed by atoms with E-state index in [-0.39, 0.29) is 5.82 Å². The number of hydrogen-bond acceptors (Lipinski definition) is 3. The van der Waals surface area contributed by atoms with Crippen molar-refractivity contribution in [3.63, 3.8) is 0 Å². The molecule has 1 atom stereocenters. The molecule has 0 aliphatic carbocycles. The summed E-state index contributed by atoms with van der Waals surface area (Å²) in [5.41, 5.74) is 1.37. The van der Waals surface area contributed by atoms with Gasteiger partial charge in [0.25, 0.3) is 0 Å². The maximum Gasteiger partial charge on any atom is 0.123 e. The zero-order valence-electron chi connectivity index (χ0n) is 14.4. The van der Waals surface area contributed by atoms with Gasteiger partial charge in [-0.15, -0.1) is 0 Å². The molecule has 2 aromatic rings. The van der Waals surface area contributed by atoms with Crippen LogP contribution in [0.15, 0.2) is 59.5 Å². The Morgan fingerprint density at radius 3 is 2.20 bits per heavy atom. The minimum atomic E-state index is -1.03. The van der Waals surface area contributed by atoms with Crippen LogP contribution in [-0.4, -0.2) is 52.5 Å². The molecule has 0 spiro atoms. The third-order valence-electron chi connectivity index (χ3n) is 4.59. The van der Waals surface area contributed by atoms with Crippen LogP contribution in [0.2, 0.25) is 0 Å². The van der Waals surface area contributed by atoms with Crippen molar-refractivity contribution in [1.29, 1.82) is 0 Å². The van der Waals surface area contributed by atoms with E-state index in [0.29, 0.717) is 10.6 Å². The lowest BCUT2D eigenvalue weighted by molar-refractivity contribution is 0.127. The number of hydrogen-bond donors (Lipinski definition) is 0. The molecule has 5 heteroatoms. The van der Waals surface area contributed by atoms with Crippen LogP contribution in [0.4, 0.5) is 4.39 Å². The van der Waals surface area contributed by atoms with Crippen molar-refractivity contribution in [2.24, 2.45) is 0 Å². The summed E-state index contributed by atoms with van der Waals surface area (Å²) in [7, 11) is -1.03. The SMILES string of the molecule is O=S(CCCN1CCN(Cc2ccccc2)CC1)c1ccc(F)cc1. The van der Waals surface area contributed by atoms with Crippen LogP contribution >= 0.6 is 0 Å². The van der Waals surface area contributed by atoms with E-state index in [1.165, 1.54) is 17.7 Å². The molecular weight excluding hydrogens is 335 g/mol. The fourth-order valence-electron chi connectivity index (χ4n) is 3.14. The Labute approximate surface area is 151 Å². The van der Waals surface area contributed by atoms with E-state index in [0.717, 1.165) is 45.7 Å². The van der Waals surface area contributed by atoms with Crippen LogP contribution < -0.4 is 0 Å². The molecule has 3 rings (SSSR count). The van der Waals surface area contributed by atoms with Crippen LogP contribution in [-0.2, 0) is 17.3 Å². The first kappa shape index (κ1) is 18.2. The van der Waals surface area contributed by atoms with Crippen molar-refractivity contribution in [3.8, 4) is 0 Å². The number of halogens is 1. The molecule has 1 fully saturated rings. The van der Waals surface area contributed by atoms with Gasteiger partial charge in [-0.1, -0.05) is 30.3 Å². The normalized spacial score (nSPS) is 17.5. The molecule has 0 N–H and O–H groups in total. The van der Waals surface area contributed by atoms with Crippen molar-refractivity contribution < 1.29 is 8.60 Å². The highest BCUT2D eigenvalue weighted by atomic mass is 32.2. The lowest BCUT2D eigenvalue weighted by Crippen LogP contribution is -2.46. The quantitative estimate of drug-likeness (QED) is 0.758. The second kappa shape index (κ2) is 9.22. The van der Waals surface area contributed by atoms with Gasteiger partial charge in [0.05, 0.1) is 10.8 Å². The number of rotatable bonds is 7. The Kier molecular flexibility index (Phi) is 6.73. The zero-order chi connectivity index (χ0) is 17.5. The van der Waals surface area contributed by atoms with Gasteiger partial charge >= 0.3 is 0 Å². The summed E-state index contributed by atoms with van der Waals surface area (Å²) in [5, 5.41) is 0. The van der Waals surface area contributed by atoms with Crippen LogP contribution in [0, 0.1) is 5.82 Å². The molecule has 0 bridgehead atoms. The first-order valence-electron chi connectivity index (χ1n) is 8.83. The molecule has 1 aliphatic heterocycles. The minimum Gasteiger partial charge on any atom is -0.301 e. The second-order valence-electron chi connectivity index (χ2n) is 6.46. The lowest BCUT2D eigenvalue weighted by atomic mass is 10.2. The fourth-order valence-corrected chi connectivity index (χ4v) is 4.20. The average molecular weight is 360 g/mol.